The van der Waals surface area contributed by atoms with E-state index in [-0.39, 0.29) is 17.2 Å². The fourth-order valence-corrected chi connectivity index (χ4v) is 4.63. The van der Waals surface area contributed by atoms with Crippen LogP contribution in [0.1, 0.15) is 10.4 Å². The van der Waals surface area contributed by atoms with E-state index in [1.807, 2.05) is 11.4 Å². The van der Waals surface area contributed by atoms with Crippen LogP contribution in [-0.4, -0.2) is 22.6 Å². The zero-order chi connectivity index (χ0) is 24.1. The molecule has 0 saturated carbocycles. The van der Waals surface area contributed by atoms with Crippen molar-refractivity contribution < 1.29 is 14.0 Å². The second-order valence-corrected chi connectivity index (χ2v) is 9.68. The van der Waals surface area contributed by atoms with Crippen LogP contribution < -0.4 is 10.6 Å². The molecule has 172 valence electrons. The van der Waals surface area contributed by atoms with Crippen LogP contribution in [0.5, 0.6) is 0 Å². The summed E-state index contributed by atoms with van der Waals surface area (Å²) in [5.74, 6) is -1.12. The van der Waals surface area contributed by atoms with E-state index in [9.17, 15) is 14.0 Å². The fraction of sp³-hybridized carbons (Fsp3) is 0.0417. The van der Waals surface area contributed by atoms with Gasteiger partial charge < -0.3 is 10.6 Å². The summed E-state index contributed by atoms with van der Waals surface area (Å²) in [7, 11) is 0. The van der Waals surface area contributed by atoms with Crippen molar-refractivity contribution in [2.75, 3.05) is 16.4 Å². The Morgan fingerprint density at radius 1 is 0.971 bits per heavy atom. The maximum Gasteiger partial charge on any atom is 0.258 e. The van der Waals surface area contributed by atoms with E-state index in [4.69, 9.17) is 23.2 Å². The number of carbonyl (C=O) groups is 2. The first-order valence-corrected chi connectivity index (χ1v) is 12.5. The lowest BCUT2D eigenvalue weighted by Crippen LogP contribution is -2.14. The predicted molar refractivity (Wildman–Crippen MR) is 138 cm³/mol. The van der Waals surface area contributed by atoms with E-state index in [0.717, 1.165) is 10.5 Å². The molecular formula is C24H16Cl2FN3O2S2. The SMILES string of the molecule is O=C(CSc1ccc(NC(=O)c2ccccc2F)cc1)Nc1nc(-c2ccc(Cl)c(Cl)c2)cs1. The van der Waals surface area contributed by atoms with Crippen molar-refractivity contribution in [1.29, 1.82) is 0 Å². The van der Waals surface area contributed by atoms with E-state index in [1.165, 1.54) is 41.3 Å². The van der Waals surface area contributed by atoms with Crippen molar-refractivity contribution in [2.24, 2.45) is 0 Å². The minimum atomic E-state index is -0.581. The average Bonchev–Trinajstić information content (AvgIpc) is 3.29. The van der Waals surface area contributed by atoms with Gasteiger partial charge in [-0.25, -0.2) is 9.37 Å². The molecule has 0 aliphatic rings. The summed E-state index contributed by atoms with van der Waals surface area (Å²) in [6, 6.07) is 18.0. The highest BCUT2D eigenvalue weighted by Gasteiger charge is 2.12. The Kier molecular flexibility index (Phi) is 7.84. The van der Waals surface area contributed by atoms with Crippen LogP contribution in [0, 0.1) is 5.82 Å². The van der Waals surface area contributed by atoms with Crippen LogP contribution in [0.4, 0.5) is 15.2 Å². The zero-order valence-corrected chi connectivity index (χ0v) is 20.5. The van der Waals surface area contributed by atoms with Gasteiger partial charge in [0, 0.05) is 21.5 Å². The summed E-state index contributed by atoms with van der Waals surface area (Å²) in [4.78, 5) is 29.8. The van der Waals surface area contributed by atoms with Gasteiger partial charge >= 0.3 is 0 Å². The average molecular weight is 532 g/mol. The van der Waals surface area contributed by atoms with E-state index in [0.29, 0.717) is 26.6 Å². The molecule has 4 aromatic rings. The molecule has 5 nitrogen and oxygen atoms in total. The number of amides is 2. The Bertz CT molecular complexity index is 1350. The Balaban J connectivity index is 1.29. The van der Waals surface area contributed by atoms with E-state index in [2.05, 4.69) is 15.6 Å². The number of hydrogen-bond acceptors (Lipinski definition) is 5. The lowest BCUT2D eigenvalue weighted by molar-refractivity contribution is -0.113. The van der Waals surface area contributed by atoms with Gasteiger partial charge in [-0.15, -0.1) is 23.1 Å². The molecule has 0 spiro atoms. The number of thioether (sulfide) groups is 1. The van der Waals surface area contributed by atoms with Gasteiger partial charge in [-0.2, -0.15) is 0 Å². The molecule has 0 saturated heterocycles. The number of thiazole rings is 1. The van der Waals surface area contributed by atoms with Crippen molar-refractivity contribution in [2.45, 2.75) is 4.90 Å². The van der Waals surface area contributed by atoms with Gasteiger partial charge in [-0.05, 0) is 48.5 Å². The van der Waals surface area contributed by atoms with Gasteiger partial charge in [0.15, 0.2) is 5.13 Å². The number of rotatable bonds is 7. The summed E-state index contributed by atoms with van der Waals surface area (Å²) < 4.78 is 13.7. The molecule has 0 aliphatic heterocycles. The second kappa shape index (κ2) is 11.0. The van der Waals surface area contributed by atoms with Gasteiger partial charge in [-0.1, -0.05) is 41.4 Å². The summed E-state index contributed by atoms with van der Waals surface area (Å²) in [5, 5.41) is 8.66. The van der Waals surface area contributed by atoms with Gasteiger partial charge in [0.05, 0.1) is 27.1 Å². The van der Waals surface area contributed by atoms with Crippen LogP contribution in [0.3, 0.4) is 0 Å². The number of aromatic nitrogens is 1. The van der Waals surface area contributed by atoms with Crippen LogP contribution in [-0.2, 0) is 4.79 Å². The molecule has 0 fully saturated rings. The highest BCUT2D eigenvalue weighted by atomic mass is 35.5. The number of carbonyl (C=O) groups excluding carboxylic acids is 2. The fourth-order valence-electron chi connectivity index (χ4n) is 2.90. The minimum Gasteiger partial charge on any atom is -0.322 e. The van der Waals surface area contributed by atoms with Crippen molar-refractivity contribution in [1.82, 2.24) is 4.98 Å². The standard InChI is InChI=1S/C24H16Cl2FN3O2S2/c25-18-10-5-14(11-19(18)26)21-12-34-24(29-21)30-22(31)13-33-16-8-6-15(7-9-16)28-23(32)17-3-1-2-4-20(17)27/h1-12H,13H2,(H,28,32)(H,29,30,31). The molecule has 3 aromatic carbocycles. The first kappa shape index (κ1) is 24.2. The smallest absolute Gasteiger partial charge is 0.258 e. The summed E-state index contributed by atoms with van der Waals surface area (Å²) in [5.41, 5.74) is 2.00. The second-order valence-electron chi connectivity index (χ2n) is 6.96. The lowest BCUT2D eigenvalue weighted by atomic mass is 10.2. The summed E-state index contributed by atoms with van der Waals surface area (Å²) >= 11 is 14.7. The number of nitrogens with one attached hydrogen (secondary N) is 2. The van der Waals surface area contributed by atoms with Gasteiger partial charge in [0.2, 0.25) is 5.91 Å². The van der Waals surface area contributed by atoms with Gasteiger partial charge in [0.1, 0.15) is 5.82 Å². The lowest BCUT2D eigenvalue weighted by Gasteiger charge is -2.07. The molecule has 0 radical (unpaired) electrons. The van der Waals surface area contributed by atoms with Crippen molar-refractivity contribution in [3.8, 4) is 11.3 Å². The molecule has 0 bridgehead atoms. The molecular weight excluding hydrogens is 516 g/mol. The quantitative estimate of drug-likeness (QED) is 0.246. The van der Waals surface area contributed by atoms with Crippen LogP contribution in [0.25, 0.3) is 11.3 Å². The Labute approximate surface area is 213 Å². The van der Waals surface area contributed by atoms with Crippen LogP contribution >= 0.6 is 46.3 Å². The molecule has 1 aromatic heterocycles. The molecule has 10 heteroatoms. The highest BCUT2D eigenvalue weighted by Crippen LogP contribution is 2.30. The summed E-state index contributed by atoms with van der Waals surface area (Å²) in [6.07, 6.45) is 0. The molecule has 4 rings (SSSR count). The normalized spacial score (nSPS) is 10.7. The Hall–Kier alpha value is -2.91. The van der Waals surface area contributed by atoms with Crippen molar-refractivity contribution in [3.05, 3.63) is 93.5 Å². The summed E-state index contributed by atoms with van der Waals surface area (Å²) in [6.45, 7) is 0. The van der Waals surface area contributed by atoms with E-state index >= 15 is 0 Å². The minimum absolute atomic E-state index is 0.0258. The Morgan fingerprint density at radius 3 is 2.47 bits per heavy atom. The molecule has 0 aliphatic carbocycles. The topological polar surface area (TPSA) is 71.1 Å². The monoisotopic (exact) mass is 531 g/mol. The molecule has 0 atom stereocenters. The number of nitrogens with zero attached hydrogens (tertiary/aromatic N) is 1. The molecule has 0 unspecified atom stereocenters. The molecule has 1 heterocycles. The predicted octanol–water partition coefficient (Wildman–Crippen LogP) is 7.24. The third kappa shape index (κ3) is 6.15. The molecule has 2 N–H and O–H groups in total. The number of anilines is 2. The number of benzene rings is 3. The van der Waals surface area contributed by atoms with E-state index in [1.54, 1.807) is 42.5 Å². The molecule has 34 heavy (non-hydrogen) atoms. The largest absolute Gasteiger partial charge is 0.322 e. The Morgan fingerprint density at radius 2 is 1.74 bits per heavy atom. The first-order chi connectivity index (χ1) is 16.4. The van der Waals surface area contributed by atoms with Crippen LogP contribution in [0.2, 0.25) is 10.0 Å². The first-order valence-electron chi connectivity index (χ1n) is 9.88. The highest BCUT2D eigenvalue weighted by molar-refractivity contribution is 8.00. The number of halogens is 3. The zero-order valence-electron chi connectivity index (χ0n) is 17.3. The number of hydrogen-bond donors (Lipinski definition) is 2. The van der Waals surface area contributed by atoms with Gasteiger partial charge in [-0.3, -0.25) is 9.59 Å². The molecule has 2 amide bonds. The van der Waals surface area contributed by atoms with Gasteiger partial charge in [0.25, 0.3) is 5.91 Å². The van der Waals surface area contributed by atoms with E-state index < -0.39 is 11.7 Å². The third-order valence-electron chi connectivity index (χ3n) is 4.57. The maximum absolute atomic E-state index is 13.7. The van der Waals surface area contributed by atoms with Crippen molar-refractivity contribution in [3.63, 3.8) is 0 Å². The van der Waals surface area contributed by atoms with Crippen molar-refractivity contribution >= 4 is 68.9 Å². The maximum atomic E-state index is 13.7. The van der Waals surface area contributed by atoms with Crippen LogP contribution in [0.15, 0.2) is 77.0 Å². The third-order valence-corrected chi connectivity index (χ3v) is 7.08.